The smallest absolute Gasteiger partial charge is 0.234 e. The van der Waals surface area contributed by atoms with Gasteiger partial charge in [0, 0.05) is 0 Å². The molecule has 1 aromatic rings. The summed E-state index contributed by atoms with van der Waals surface area (Å²) in [6.45, 7) is 3.71. The third-order valence-electron chi connectivity index (χ3n) is 2.28. The molecule has 0 saturated heterocycles. The van der Waals surface area contributed by atoms with Crippen molar-refractivity contribution >= 4 is 41.5 Å². The number of halogens is 3. The first kappa shape index (κ1) is 16.5. The van der Waals surface area contributed by atoms with E-state index in [4.69, 9.17) is 28.9 Å². The van der Waals surface area contributed by atoms with Gasteiger partial charge in [-0.15, -0.1) is 12.4 Å². The molecule has 0 aliphatic rings. The van der Waals surface area contributed by atoms with Crippen molar-refractivity contribution in [2.24, 2.45) is 5.73 Å². The maximum absolute atomic E-state index is 11.3. The molecule has 0 saturated carbocycles. The lowest BCUT2D eigenvalue weighted by Gasteiger charge is -2.27. The molecule has 17 heavy (non-hydrogen) atoms. The fourth-order valence-corrected chi connectivity index (χ4v) is 1.65. The van der Waals surface area contributed by atoms with Crippen molar-refractivity contribution in [3.05, 3.63) is 33.8 Å². The number of hydrogen-bond acceptors (Lipinski definition) is 2. The van der Waals surface area contributed by atoms with Crippen molar-refractivity contribution in [2.75, 3.05) is 6.54 Å². The van der Waals surface area contributed by atoms with Gasteiger partial charge < -0.3 is 11.1 Å². The van der Waals surface area contributed by atoms with Crippen LogP contribution in [0.3, 0.4) is 0 Å². The highest BCUT2D eigenvalue weighted by molar-refractivity contribution is 6.42. The van der Waals surface area contributed by atoms with Crippen LogP contribution in [0.1, 0.15) is 19.4 Å². The summed E-state index contributed by atoms with van der Waals surface area (Å²) in [6, 6.07) is 5.27. The fraction of sp³-hybridized carbons (Fsp3) is 0.364. The van der Waals surface area contributed by atoms with Gasteiger partial charge in [0.25, 0.3) is 0 Å². The molecule has 0 bridgehead atoms. The average Bonchev–Trinajstić information content (AvgIpc) is 2.21. The highest BCUT2D eigenvalue weighted by Crippen LogP contribution is 2.28. The van der Waals surface area contributed by atoms with Crippen LogP contribution in [0.5, 0.6) is 0 Å². The Morgan fingerprint density at radius 1 is 1.35 bits per heavy atom. The molecule has 0 aliphatic heterocycles. The zero-order chi connectivity index (χ0) is 12.3. The molecule has 0 aliphatic carbocycles. The highest BCUT2D eigenvalue weighted by Gasteiger charge is 2.22. The van der Waals surface area contributed by atoms with Gasteiger partial charge in [-0.2, -0.15) is 0 Å². The maximum atomic E-state index is 11.3. The summed E-state index contributed by atoms with van der Waals surface area (Å²) in [5.74, 6) is -0.212. The van der Waals surface area contributed by atoms with E-state index in [0.717, 1.165) is 5.56 Å². The van der Waals surface area contributed by atoms with Crippen LogP contribution in [0.15, 0.2) is 18.2 Å². The molecule has 0 aromatic heterocycles. The van der Waals surface area contributed by atoms with Crippen molar-refractivity contribution in [1.82, 2.24) is 5.32 Å². The maximum Gasteiger partial charge on any atom is 0.234 e. The molecule has 96 valence electrons. The SMILES string of the molecule is CC(C)(NC(=O)CN)c1ccc(Cl)c(Cl)c1.Cl. The number of carbonyl (C=O) groups excluding carboxylic acids is 1. The van der Waals surface area contributed by atoms with Crippen molar-refractivity contribution in [3.8, 4) is 0 Å². The Hall–Kier alpha value is -0.480. The van der Waals surface area contributed by atoms with Crippen LogP contribution in [0.4, 0.5) is 0 Å². The second kappa shape index (κ2) is 6.45. The quantitative estimate of drug-likeness (QED) is 0.901. The minimum absolute atomic E-state index is 0. The van der Waals surface area contributed by atoms with E-state index in [1.807, 2.05) is 19.9 Å². The molecule has 1 amide bonds. The van der Waals surface area contributed by atoms with E-state index >= 15 is 0 Å². The molecule has 6 heteroatoms. The molecular formula is C11H15Cl3N2O. The predicted molar refractivity (Wildman–Crippen MR) is 73.9 cm³/mol. The lowest BCUT2D eigenvalue weighted by atomic mass is 9.94. The van der Waals surface area contributed by atoms with Gasteiger partial charge in [0.2, 0.25) is 5.91 Å². The zero-order valence-corrected chi connectivity index (χ0v) is 11.9. The van der Waals surface area contributed by atoms with Crippen molar-refractivity contribution in [3.63, 3.8) is 0 Å². The first-order valence-corrected chi connectivity index (χ1v) is 5.59. The summed E-state index contributed by atoms with van der Waals surface area (Å²) < 4.78 is 0. The van der Waals surface area contributed by atoms with Gasteiger partial charge >= 0.3 is 0 Å². The Kier molecular flexibility index (Phi) is 6.27. The van der Waals surface area contributed by atoms with Gasteiger partial charge in [0.1, 0.15) is 0 Å². The molecule has 0 unspecified atom stereocenters. The number of hydrogen-bond donors (Lipinski definition) is 2. The number of carbonyl (C=O) groups is 1. The number of nitrogens with two attached hydrogens (primary N) is 1. The molecule has 3 nitrogen and oxygen atoms in total. The molecular weight excluding hydrogens is 282 g/mol. The Morgan fingerprint density at radius 2 is 1.94 bits per heavy atom. The molecule has 3 N–H and O–H groups in total. The van der Waals surface area contributed by atoms with Gasteiger partial charge in [0.15, 0.2) is 0 Å². The Bertz CT molecular complexity index is 408. The van der Waals surface area contributed by atoms with E-state index in [1.165, 1.54) is 0 Å². The summed E-state index contributed by atoms with van der Waals surface area (Å²) in [5, 5.41) is 3.76. The normalized spacial score (nSPS) is 10.6. The zero-order valence-electron chi connectivity index (χ0n) is 9.59. The third kappa shape index (κ3) is 4.36. The number of amides is 1. The van der Waals surface area contributed by atoms with Gasteiger partial charge in [-0.3, -0.25) is 4.79 Å². The Morgan fingerprint density at radius 3 is 2.41 bits per heavy atom. The summed E-state index contributed by atoms with van der Waals surface area (Å²) in [4.78, 5) is 11.3. The largest absolute Gasteiger partial charge is 0.346 e. The minimum Gasteiger partial charge on any atom is -0.346 e. The minimum atomic E-state index is -0.523. The summed E-state index contributed by atoms with van der Waals surface area (Å²) >= 11 is 11.7. The fourth-order valence-electron chi connectivity index (χ4n) is 1.36. The second-order valence-corrected chi connectivity index (χ2v) is 4.82. The summed E-state index contributed by atoms with van der Waals surface area (Å²) in [7, 11) is 0. The number of nitrogens with one attached hydrogen (secondary N) is 1. The van der Waals surface area contributed by atoms with Gasteiger partial charge in [0.05, 0.1) is 22.1 Å². The summed E-state index contributed by atoms with van der Waals surface area (Å²) in [5.41, 5.74) is 5.61. The Balaban J connectivity index is 0.00000256. The lowest BCUT2D eigenvalue weighted by molar-refractivity contribution is -0.121. The molecule has 0 atom stereocenters. The molecule has 1 rings (SSSR count). The average molecular weight is 298 g/mol. The van der Waals surface area contributed by atoms with E-state index in [0.29, 0.717) is 10.0 Å². The highest BCUT2D eigenvalue weighted by atomic mass is 35.5. The Labute approximate surface area is 117 Å². The molecule has 0 fully saturated rings. The van der Waals surface area contributed by atoms with Crippen LogP contribution in [0, 0.1) is 0 Å². The summed E-state index contributed by atoms with van der Waals surface area (Å²) in [6.07, 6.45) is 0. The van der Waals surface area contributed by atoms with Crippen molar-refractivity contribution < 1.29 is 4.79 Å². The van der Waals surface area contributed by atoms with Crippen LogP contribution < -0.4 is 11.1 Å². The molecule has 1 aromatic carbocycles. The van der Waals surface area contributed by atoms with Gasteiger partial charge in [-0.05, 0) is 31.5 Å². The van der Waals surface area contributed by atoms with Gasteiger partial charge in [-0.1, -0.05) is 29.3 Å². The van der Waals surface area contributed by atoms with Crippen LogP contribution in [-0.4, -0.2) is 12.5 Å². The van der Waals surface area contributed by atoms with E-state index < -0.39 is 5.54 Å². The van der Waals surface area contributed by atoms with Crippen LogP contribution >= 0.6 is 35.6 Å². The van der Waals surface area contributed by atoms with Crippen LogP contribution in [0.25, 0.3) is 0 Å². The number of rotatable bonds is 3. The predicted octanol–water partition coefficient (Wildman–Crippen LogP) is 2.73. The number of benzene rings is 1. The first-order valence-electron chi connectivity index (χ1n) is 4.83. The standard InChI is InChI=1S/C11H14Cl2N2O.ClH/c1-11(2,15-10(16)6-14)7-3-4-8(12)9(13)5-7;/h3-5H,6,14H2,1-2H3,(H,15,16);1H. The molecule has 0 heterocycles. The van der Waals surface area contributed by atoms with E-state index in [2.05, 4.69) is 5.32 Å². The van der Waals surface area contributed by atoms with E-state index in [-0.39, 0.29) is 24.9 Å². The van der Waals surface area contributed by atoms with E-state index in [9.17, 15) is 4.79 Å². The first-order chi connectivity index (χ1) is 7.36. The van der Waals surface area contributed by atoms with Crippen LogP contribution in [-0.2, 0) is 10.3 Å². The third-order valence-corrected chi connectivity index (χ3v) is 3.02. The van der Waals surface area contributed by atoms with Crippen molar-refractivity contribution in [1.29, 1.82) is 0 Å². The monoisotopic (exact) mass is 296 g/mol. The second-order valence-electron chi connectivity index (χ2n) is 4.01. The lowest BCUT2D eigenvalue weighted by Crippen LogP contribution is -2.43. The van der Waals surface area contributed by atoms with Crippen LogP contribution in [0.2, 0.25) is 10.0 Å². The van der Waals surface area contributed by atoms with Gasteiger partial charge in [-0.25, -0.2) is 0 Å². The molecule has 0 spiro atoms. The van der Waals surface area contributed by atoms with Crippen molar-refractivity contribution in [2.45, 2.75) is 19.4 Å². The van der Waals surface area contributed by atoms with E-state index in [1.54, 1.807) is 12.1 Å². The molecule has 0 radical (unpaired) electrons. The topological polar surface area (TPSA) is 55.1 Å².